The molecular weight excluding hydrogens is 194 g/mol. The number of rotatable bonds is 6. The highest BCUT2D eigenvalue weighted by Crippen LogP contribution is 2.17. The van der Waals surface area contributed by atoms with Crippen molar-refractivity contribution < 1.29 is 14.6 Å². The number of carboxylic acids is 1. The summed E-state index contributed by atoms with van der Waals surface area (Å²) >= 11 is 0. The van der Waals surface area contributed by atoms with E-state index in [1.54, 1.807) is 7.11 Å². The summed E-state index contributed by atoms with van der Waals surface area (Å²) < 4.78 is 5.11. The maximum Gasteiger partial charge on any atom is 0.306 e. The van der Waals surface area contributed by atoms with E-state index in [-0.39, 0.29) is 12.5 Å². The molecule has 0 saturated heterocycles. The molecule has 0 aromatic heterocycles. The summed E-state index contributed by atoms with van der Waals surface area (Å²) in [5.41, 5.74) is 0. The van der Waals surface area contributed by atoms with Crippen molar-refractivity contribution in [3.05, 3.63) is 0 Å². The maximum atomic E-state index is 10.5. The second-order valence-corrected chi connectivity index (χ2v) is 4.20. The summed E-state index contributed by atoms with van der Waals surface area (Å²) in [5.74, 6) is -0.799. The van der Waals surface area contributed by atoms with Crippen LogP contribution in [0.1, 0.15) is 38.5 Å². The van der Waals surface area contributed by atoms with E-state index in [2.05, 4.69) is 5.32 Å². The van der Waals surface area contributed by atoms with Crippen LogP contribution in [0.25, 0.3) is 0 Å². The molecule has 0 amide bonds. The van der Waals surface area contributed by atoms with Gasteiger partial charge in [-0.2, -0.15) is 0 Å². The molecule has 4 heteroatoms. The van der Waals surface area contributed by atoms with Gasteiger partial charge in [0.1, 0.15) is 0 Å². The van der Waals surface area contributed by atoms with Crippen LogP contribution in [-0.4, -0.2) is 36.9 Å². The Morgan fingerprint density at radius 3 is 2.67 bits per heavy atom. The number of ether oxygens (including phenoxy) is 1. The summed E-state index contributed by atoms with van der Waals surface area (Å²) in [6.45, 7) is 0.646. The molecule has 1 aliphatic carbocycles. The molecule has 0 radical (unpaired) electrons. The third kappa shape index (κ3) is 5.14. The van der Waals surface area contributed by atoms with Crippen molar-refractivity contribution in [2.45, 2.75) is 50.7 Å². The average Bonchev–Trinajstić information content (AvgIpc) is 2.25. The van der Waals surface area contributed by atoms with Crippen LogP contribution in [0.15, 0.2) is 0 Å². The van der Waals surface area contributed by atoms with Gasteiger partial charge in [0.25, 0.3) is 0 Å². The summed E-state index contributed by atoms with van der Waals surface area (Å²) in [7, 11) is 1.57. The van der Waals surface area contributed by atoms with Crippen molar-refractivity contribution in [1.82, 2.24) is 5.32 Å². The van der Waals surface area contributed by atoms with E-state index in [0.29, 0.717) is 12.6 Å². The third-order valence-corrected chi connectivity index (χ3v) is 2.97. The lowest BCUT2D eigenvalue weighted by Crippen LogP contribution is -2.38. The lowest BCUT2D eigenvalue weighted by molar-refractivity contribution is -0.139. The number of hydrogen-bond acceptors (Lipinski definition) is 3. The van der Waals surface area contributed by atoms with E-state index >= 15 is 0 Å². The van der Waals surface area contributed by atoms with E-state index in [1.165, 1.54) is 32.1 Å². The molecule has 1 saturated carbocycles. The predicted octanol–water partition coefficient (Wildman–Crippen LogP) is 1.40. The largest absolute Gasteiger partial charge is 0.481 e. The average molecular weight is 215 g/mol. The van der Waals surface area contributed by atoms with E-state index in [9.17, 15) is 4.79 Å². The van der Waals surface area contributed by atoms with Crippen molar-refractivity contribution in [1.29, 1.82) is 0 Å². The van der Waals surface area contributed by atoms with Gasteiger partial charge in [-0.25, -0.2) is 0 Å². The van der Waals surface area contributed by atoms with Gasteiger partial charge in [-0.15, -0.1) is 0 Å². The maximum absolute atomic E-state index is 10.5. The Morgan fingerprint density at radius 2 is 2.13 bits per heavy atom. The fourth-order valence-corrected chi connectivity index (χ4v) is 2.04. The minimum absolute atomic E-state index is 0.0796. The topological polar surface area (TPSA) is 58.6 Å². The molecule has 0 aromatic rings. The molecule has 4 nitrogen and oxygen atoms in total. The Labute approximate surface area is 91.0 Å². The van der Waals surface area contributed by atoms with Gasteiger partial charge in [-0.1, -0.05) is 19.3 Å². The highest BCUT2D eigenvalue weighted by molar-refractivity contribution is 5.67. The monoisotopic (exact) mass is 215 g/mol. The number of aliphatic carboxylic acids is 1. The molecule has 1 unspecified atom stereocenters. The molecule has 15 heavy (non-hydrogen) atoms. The van der Waals surface area contributed by atoms with Crippen molar-refractivity contribution >= 4 is 5.97 Å². The predicted molar refractivity (Wildman–Crippen MR) is 57.9 cm³/mol. The van der Waals surface area contributed by atoms with Gasteiger partial charge < -0.3 is 15.2 Å². The van der Waals surface area contributed by atoms with Crippen molar-refractivity contribution in [2.75, 3.05) is 13.7 Å². The molecule has 1 aliphatic rings. The molecular formula is C11H21NO3. The van der Waals surface area contributed by atoms with E-state index in [0.717, 1.165) is 0 Å². The Balaban J connectivity index is 2.17. The molecule has 0 heterocycles. The van der Waals surface area contributed by atoms with Crippen LogP contribution >= 0.6 is 0 Å². The Kier molecular flexibility index (Phi) is 5.65. The fraction of sp³-hybridized carbons (Fsp3) is 0.909. The second-order valence-electron chi connectivity index (χ2n) is 4.20. The van der Waals surface area contributed by atoms with Crippen LogP contribution in [0.4, 0.5) is 0 Å². The van der Waals surface area contributed by atoms with Gasteiger partial charge in [0.2, 0.25) is 0 Å². The van der Waals surface area contributed by atoms with Crippen molar-refractivity contribution in [3.8, 4) is 0 Å². The molecule has 1 atom stereocenters. The number of hydrogen-bond donors (Lipinski definition) is 2. The SMILES string of the molecule is COC(CNC1CCCCC1)CC(=O)O. The summed E-state index contributed by atoms with van der Waals surface area (Å²) in [5, 5.41) is 12.0. The number of methoxy groups -OCH3 is 1. The normalized spacial score (nSPS) is 20.1. The smallest absolute Gasteiger partial charge is 0.306 e. The Morgan fingerprint density at radius 1 is 1.47 bits per heavy atom. The third-order valence-electron chi connectivity index (χ3n) is 2.97. The molecule has 2 N–H and O–H groups in total. The van der Waals surface area contributed by atoms with Crippen molar-refractivity contribution in [3.63, 3.8) is 0 Å². The standard InChI is InChI=1S/C11H21NO3/c1-15-10(7-11(13)14)8-12-9-5-3-2-4-6-9/h9-10,12H,2-8H2,1H3,(H,13,14). The van der Waals surface area contributed by atoms with E-state index in [1.807, 2.05) is 0 Å². The van der Waals surface area contributed by atoms with Crippen LogP contribution in [0.2, 0.25) is 0 Å². The first-order valence-corrected chi connectivity index (χ1v) is 5.70. The summed E-state index contributed by atoms with van der Waals surface area (Å²) in [6.07, 6.45) is 6.21. The lowest BCUT2D eigenvalue weighted by atomic mass is 9.95. The van der Waals surface area contributed by atoms with Gasteiger partial charge >= 0.3 is 5.97 Å². The first-order chi connectivity index (χ1) is 7.22. The number of carboxylic acid groups (broad SMARTS) is 1. The van der Waals surface area contributed by atoms with Gasteiger partial charge in [-0.05, 0) is 12.8 Å². The zero-order valence-corrected chi connectivity index (χ0v) is 9.37. The molecule has 1 rings (SSSR count). The van der Waals surface area contributed by atoms with Gasteiger partial charge in [-0.3, -0.25) is 4.79 Å². The molecule has 88 valence electrons. The van der Waals surface area contributed by atoms with Gasteiger partial charge in [0.15, 0.2) is 0 Å². The minimum atomic E-state index is -0.799. The highest BCUT2D eigenvalue weighted by Gasteiger charge is 2.16. The van der Waals surface area contributed by atoms with Gasteiger partial charge in [0, 0.05) is 19.7 Å². The fourth-order valence-electron chi connectivity index (χ4n) is 2.04. The lowest BCUT2D eigenvalue weighted by Gasteiger charge is -2.24. The Hall–Kier alpha value is -0.610. The van der Waals surface area contributed by atoms with Crippen LogP contribution in [-0.2, 0) is 9.53 Å². The van der Waals surface area contributed by atoms with Crippen LogP contribution in [0, 0.1) is 0 Å². The number of carbonyl (C=O) groups is 1. The minimum Gasteiger partial charge on any atom is -0.481 e. The van der Waals surface area contributed by atoms with Crippen LogP contribution in [0.5, 0.6) is 0 Å². The number of nitrogens with one attached hydrogen (secondary N) is 1. The zero-order valence-electron chi connectivity index (χ0n) is 9.37. The molecule has 0 spiro atoms. The van der Waals surface area contributed by atoms with Crippen LogP contribution in [0.3, 0.4) is 0 Å². The quantitative estimate of drug-likeness (QED) is 0.703. The highest BCUT2D eigenvalue weighted by atomic mass is 16.5. The van der Waals surface area contributed by atoms with E-state index < -0.39 is 5.97 Å². The molecule has 0 aromatic carbocycles. The van der Waals surface area contributed by atoms with Crippen LogP contribution < -0.4 is 5.32 Å². The van der Waals surface area contributed by atoms with E-state index in [4.69, 9.17) is 9.84 Å². The summed E-state index contributed by atoms with van der Waals surface area (Å²) in [6, 6.07) is 0.560. The van der Waals surface area contributed by atoms with Crippen molar-refractivity contribution in [2.24, 2.45) is 0 Å². The second kappa shape index (κ2) is 6.80. The Bertz CT molecular complexity index is 190. The van der Waals surface area contributed by atoms with Gasteiger partial charge in [0.05, 0.1) is 12.5 Å². The molecule has 0 aliphatic heterocycles. The first kappa shape index (κ1) is 12.5. The zero-order chi connectivity index (χ0) is 11.1. The first-order valence-electron chi connectivity index (χ1n) is 5.70. The molecule has 1 fully saturated rings. The molecule has 0 bridgehead atoms. The summed E-state index contributed by atoms with van der Waals surface area (Å²) in [4.78, 5) is 10.5.